The molecule has 1 aliphatic rings. The van der Waals surface area contributed by atoms with E-state index < -0.39 is 5.97 Å². The molecule has 0 saturated carbocycles. The Kier molecular flexibility index (Phi) is 3.42. The van der Waals surface area contributed by atoms with Crippen molar-refractivity contribution in [2.75, 3.05) is 11.4 Å². The summed E-state index contributed by atoms with van der Waals surface area (Å²) in [6.07, 6.45) is 1.33. The molecular weight excluding hydrogens is 290 g/mol. The second-order valence-electron chi connectivity index (χ2n) is 4.76. The minimum atomic E-state index is -0.956. The summed E-state index contributed by atoms with van der Waals surface area (Å²) in [6.45, 7) is 2.49. The van der Waals surface area contributed by atoms with Gasteiger partial charge in [0.15, 0.2) is 0 Å². The van der Waals surface area contributed by atoms with Crippen LogP contribution in [0.4, 0.5) is 5.69 Å². The standard InChI is InChI=1S/C14H13N3O3S/c1-2-10-12(21-16-15-10)13(18)17-6-5-8-7-9(14(19)20)3-4-11(8)17/h3-4,7H,2,5-6H2,1H3,(H,19,20). The van der Waals surface area contributed by atoms with E-state index in [1.54, 1.807) is 17.0 Å². The second kappa shape index (κ2) is 5.25. The van der Waals surface area contributed by atoms with Crippen molar-refractivity contribution in [1.82, 2.24) is 9.59 Å². The van der Waals surface area contributed by atoms with E-state index in [9.17, 15) is 9.59 Å². The molecule has 0 aliphatic carbocycles. The molecule has 7 heteroatoms. The SMILES string of the molecule is CCc1nnsc1C(=O)N1CCc2cc(C(=O)O)ccc21. The summed E-state index contributed by atoms with van der Waals surface area (Å²) in [6, 6.07) is 4.86. The first-order chi connectivity index (χ1) is 10.1. The number of hydrogen-bond donors (Lipinski definition) is 1. The molecule has 6 nitrogen and oxygen atoms in total. The van der Waals surface area contributed by atoms with Gasteiger partial charge in [0, 0.05) is 12.2 Å². The zero-order valence-corrected chi connectivity index (χ0v) is 12.2. The molecule has 2 aromatic rings. The number of carbonyl (C=O) groups is 2. The third-order valence-electron chi connectivity index (χ3n) is 3.55. The number of aromatic carboxylic acids is 1. The molecular formula is C14H13N3O3S. The lowest BCUT2D eigenvalue weighted by molar-refractivity contribution is 0.0696. The summed E-state index contributed by atoms with van der Waals surface area (Å²) < 4.78 is 3.85. The number of carboxylic acids is 1. The highest BCUT2D eigenvalue weighted by Crippen LogP contribution is 2.31. The Morgan fingerprint density at radius 1 is 1.43 bits per heavy atom. The van der Waals surface area contributed by atoms with E-state index in [0.29, 0.717) is 30.0 Å². The number of carboxylic acid groups (broad SMARTS) is 1. The Morgan fingerprint density at radius 2 is 2.24 bits per heavy atom. The maximum absolute atomic E-state index is 12.6. The minimum absolute atomic E-state index is 0.108. The summed E-state index contributed by atoms with van der Waals surface area (Å²) in [4.78, 5) is 25.8. The molecule has 0 bridgehead atoms. The number of fused-ring (bicyclic) bond motifs is 1. The van der Waals surface area contributed by atoms with E-state index in [1.807, 2.05) is 6.92 Å². The van der Waals surface area contributed by atoms with Crippen molar-refractivity contribution in [1.29, 1.82) is 0 Å². The van der Waals surface area contributed by atoms with Crippen LogP contribution in [0.1, 0.15) is 38.2 Å². The van der Waals surface area contributed by atoms with Crippen molar-refractivity contribution >= 4 is 29.1 Å². The first kappa shape index (κ1) is 13.7. The molecule has 1 aromatic heterocycles. The molecule has 0 spiro atoms. The molecule has 1 aromatic carbocycles. The normalized spacial score (nSPS) is 13.3. The number of amides is 1. The lowest BCUT2D eigenvalue weighted by atomic mass is 10.1. The van der Waals surface area contributed by atoms with Gasteiger partial charge in [-0.1, -0.05) is 11.4 Å². The van der Waals surface area contributed by atoms with E-state index >= 15 is 0 Å². The predicted molar refractivity (Wildman–Crippen MR) is 78.1 cm³/mol. The van der Waals surface area contributed by atoms with Crippen molar-refractivity contribution in [3.05, 3.63) is 39.9 Å². The van der Waals surface area contributed by atoms with Crippen LogP contribution in [0.15, 0.2) is 18.2 Å². The van der Waals surface area contributed by atoms with Gasteiger partial charge in [-0.15, -0.1) is 5.10 Å². The van der Waals surface area contributed by atoms with E-state index in [-0.39, 0.29) is 11.5 Å². The highest BCUT2D eigenvalue weighted by atomic mass is 32.1. The highest BCUT2D eigenvalue weighted by Gasteiger charge is 2.29. The highest BCUT2D eigenvalue weighted by molar-refractivity contribution is 7.08. The van der Waals surface area contributed by atoms with Crippen LogP contribution in [0.25, 0.3) is 0 Å². The summed E-state index contributed by atoms with van der Waals surface area (Å²) in [7, 11) is 0. The van der Waals surface area contributed by atoms with Gasteiger partial charge in [0.05, 0.1) is 11.3 Å². The van der Waals surface area contributed by atoms with Crippen LogP contribution in [0.5, 0.6) is 0 Å². The smallest absolute Gasteiger partial charge is 0.335 e. The Balaban J connectivity index is 1.94. The van der Waals surface area contributed by atoms with E-state index in [1.165, 1.54) is 6.07 Å². The zero-order chi connectivity index (χ0) is 15.0. The van der Waals surface area contributed by atoms with E-state index in [4.69, 9.17) is 5.11 Å². The number of carbonyl (C=O) groups excluding carboxylic acids is 1. The molecule has 1 N–H and O–H groups in total. The first-order valence-electron chi connectivity index (χ1n) is 6.61. The second-order valence-corrected chi connectivity index (χ2v) is 5.51. The lowest BCUT2D eigenvalue weighted by Gasteiger charge is -2.16. The number of hydrogen-bond acceptors (Lipinski definition) is 5. The average molecular weight is 303 g/mol. The molecule has 1 aliphatic heterocycles. The predicted octanol–water partition coefficient (Wildman–Crippen LogP) is 2.00. The van der Waals surface area contributed by atoms with Gasteiger partial charge in [-0.2, -0.15) is 0 Å². The summed E-state index contributed by atoms with van der Waals surface area (Å²) >= 11 is 1.11. The Labute approximate surface area is 125 Å². The monoisotopic (exact) mass is 303 g/mol. The van der Waals surface area contributed by atoms with Gasteiger partial charge >= 0.3 is 5.97 Å². The van der Waals surface area contributed by atoms with E-state index in [0.717, 1.165) is 22.8 Å². The van der Waals surface area contributed by atoms with Crippen LogP contribution in [0.3, 0.4) is 0 Å². The topological polar surface area (TPSA) is 83.4 Å². The zero-order valence-electron chi connectivity index (χ0n) is 11.4. The molecule has 0 unspecified atom stereocenters. The van der Waals surface area contributed by atoms with Crippen LogP contribution >= 0.6 is 11.5 Å². The Bertz CT molecular complexity index is 726. The third-order valence-corrected chi connectivity index (χ3v) is 4.31. The maximum Gasteiger partial charge on any atom is 0.335 e. The maximum atomic E-state index is 12.6. The first-order valence-corrected chi connectivity index (χ1v) is 7.38. The van der Waals surface area contributed by atoms with Crippen molar-refractivity contribution in [3.8, 4) is 0 Å². The molecule has 108 valence electrons. The van der Waals surface area contributed by atoms with Crippen molar-refractivity contribution in [3.63, 3.8) is 0 Å². The van der Waals surface area contributed by atoms with Crippen LogP contribution in [-0.2, 0) is 12.8 Å². The van der Waals surface area contributed by atoms with Gasteiger partial charge in [-0.3, -0.25) is 4.79 Å². The molecule has 1 amide bonds. The summed E-state index contributed by atoms with van der Waals surface area (Å²) in [5.74, 6) is -1.06. The van der Waals surface area contributed by atoms with Crippen LogP contribution in [0, 0.1) is 0 Å². The lowest BCUT2D eigenvalue weighted by Crippen LogP contribution is -2.28. The molecule has 0 saturated heterocycles. The molecule has 21 heavy (non-hydrogen) atoms. The van der Waals surface area contributed by atoms with Crippen molar-refractivity contribution in [2.24, 2.45) is 0 Å². The van der Waals surface area contributed by atoms with Crippen molar-refractivity contribution < 1.29 is 14.7 Å². The number of rotatable bonds is 3. The third kappa shape index (κ3) is 2.29. The van der Waals surface area contributed by atoms with Gasteiger partial charge in [0.2, 0.25) is 0 Å². The molecule has 0 radical (unpaired) electrons. The quantitative estimate of drug-likeness (QED) is 0.937. The van der Waals surface area contributed by atoms with Crippen LogP contribution in [-0.4, -0.2) is 33.1 Å². The number of aromatic nitrogens is 2. The van der Waals surface area contributed by atoms with Gasteiger partial charge in [-0.05, 0) is 48.1 Å². The molecule has 0 atom stereocenters. The fourth-order valence-electron chi connectivity index (χ4n) is 2.47. The number of nitrogens with zero attached hydrogens (tertiary/aromatic N) is 3. The largest absolute Gasteiger partial charge is 0.478 e. The van der Waals surface area contributed by atoms with Gasteiger partial charge in [-0.25, -0.2) is 4.79 Å². The van der Waals surface area contributed by atoms with Gasteiger partial charge in [0.1, 0.15) is 4.88 Å². The van der Waals surface area contributed by atoms with Gasteiger partial charge in [0.25, 0.3) is 5.91 Å². The van der Waals surface area contributed by atoms with Gasteiger partial charge < -0.3 is 10.0 Å². The summed E-state index contributed by atoms with van der Waals surface area (Å²) in [5, 5.41) is 13.0. The van der Waals surface area contributed by atoms with E-state index in [2.05, 4.69) is 9.59 Å². The van der Waals surface area contributed by atoms with Crippen LogP contribution < -0.4 is 4.90 Å². The molecule has 0 fully saturated rings. The van der Waals surface area contributed by atoms with Crippen molar-refractivity contribution in [2.45, 2.75) is 19.8 Å². The number of benzene rings is 1. The summed E-state index contributed by atoms with van der Waals surface area (Å²) in [5.41, 5.74) is 2.62. The number of anilines is 1. The fourth-order valence-corrected chi connectivity index (χ4v) is 3.17. The average Bonchev–Trinajstić information content (AvgIpc) is 3.12. The molecule has 3 rings (SSSR count). The Hall–Kier alpha value is -2.28. The van der Waals surface area contributed by atoms with Crippen LogP contribution in [0.2, 0.25) is 0 Å². The molecule has 2 heterocycles. The number of aryl methyl sites for hydroxylation is 1. The fraction of sp³-hybridized carbons (Fsp3) is 0.286. The minimum Gasteiger partial charge on any atom is -0.478 e. The Morgan fingerprint density at radius 3 is 2.95 bits per heavy atom.